The molecule has 0 atom stereocenters. The normalized spacial score (nSPS) is 15.1. The second-order valence-corrected chi connectivity index (χ2v) is 2.91. The lowest BCUT2D eigenvalue weighted by molar-refractivity contribution is 0.283. The number of rotatable bonds is 2. The summed E-state index contributed by atoms with van der Waals surface area (Å²) in [4.78, 5) is 3.42. The molecule has 0 amide bonds. The number of nitriles is 1. The zero-order chi connectivity index (χ0) is 9.26. The maximum absolute atomic E-state index is 13.0. The number of aromatic nitrogens is 1. The van der Waals surface area contributed by atoms with Gasteiger partial charge >= 0.3 is 0 Å². The van der Waals surface area contributed by atoms with Crippen molar-refractivity contribution in [2.45, 2.75) is 18.9 Å². The molecule has 2 rings (SSSR count). The molecule has 0 radical (unpaired) electrons. The first-order valence-electron chi connectivity index (χ1n) is 4.03. The van der Waals surface area contributed by atoms with Crippen LogP contribution in [0, 0.1) is 17.3 Å². The first-order valence-corrected chi connectivity index (χ1v) is 4.03. The maximum atomic E-state index is 13.0. The summed E-state index contributed by atoms with van der Waals surface area (Å²) in [6.07, 6.45) is 2.09. The van der Waals surface area contributed by atoms with E-state index in [0.29, 0.717) is 0 Å². The molecule has 1 heterocycles. The number of nitrogens with zero attached hydrogens (tertiary/aromatic N) is 2. The summed E-state index contributed by atoms with van der Waals surface area (Å²) in [5, 5.41) is 8.43. The molecule has 0 bridgehead atoms. The number of ether oxygens (including phenoxy) is 1. The Kier molecular flexibility index (Phi) is 1.85. The van der Waals surface area contributed by atoms with E-state index in [4.69, 9.17) is 10.00 Å². The van der Waals surface area contributed by atoms with Gasteiger partial charge in [-0.1, -0.05) is 0 Å². The van der Waals surface area contributed by atoms with Crippen molar-refractivity contribution >= 4 is 0 Å². The summed E-state index contributed by atoms with van der Waals surface area (Å²) in [7, 11) is 0. The summed E-state index contributed by atoms with van der Waals surface area (Å²) in [6.45, 7) is 0. The van der Waals surface area contributed by atoms with E-state index in [1.165, 1.54) is 12.1 Å². The van der Waals surface area contributed by atoms with Crippen LogP contribution in [-0.2, 0) is 0 Å². The minimum atomic E-state index is -0.703. The van der Waals surface area contributed by atoms with Crippen molar-refractivity contribution in [2.75, 3.05) is 0 Å². The van der Waals surface area contributed by atoms with Crippen LogP contribution in [0.15, 0.2) is 12.1 Å². The molecule has 13 heavy (non-hydrogen) atoms. The van der Waals surface area contributed by atoms with E-state index in [2.05, 4.69) is 4.98 Å². The number of pyridine rings is 1. The highest BCUT2D eigenvalue weighted by Crippen LogP contribution is 2.27. The van der Waals surface area contributed by atoms with Crippen molar-refractivity contribution in [3.05, 3.63) is 23.8 Å². The van der Waals surface area contributed by atoms with Crippen molar-refractivity contribution in [3.63, 3.8) is 0 Å². The van der Waals surface area contributed by atoms with E-state index in [-0.39, 0.29) is 17.5 Å². The first-order chi connectivity index (χ1) is 6.29. The van der Waals surface area contributed by atoms with Gasteiger partial charge in [-0.2, -0.15) is 9.65 Å². The minimum Gasteiger partial charge on any atom is -0.486 e. The van der Waals surface area contributed by atoms with Gasteiger partial charge in [0.15, 0.2) is 5.75 Å². The second-order valence-electron chi connectivity index (χ2n) is 2.91. The molecular weight excluding hydrogens is 171 g/mol. The van der Waals surface area contributed by atoms with E-state index >= 15 is 0 Å². The fourth-order valence-corrected chi connectivity index (χ4v) is 0.937. The Morgan fingerprint density at radius 2 is 2.31 bits per heavy atom. The van der Waals surface area contributed by atoms with Crippen LogP contribution < -0.4 is 4.74 Å². The molecule has 0 spiro atoms. The molecule has 1 saturated carbocycles. The molecule has 4 heteroatoms. The highest BCUT2D eigenvalue weighted by atomic mass is 19.1. The van der Waals surface area contributed by atoms with Crippen LogP contribution >= 0.6 is 0 Å². The van der Waals surface area contributed by atoms with Crippen molar-refractivity contribution < 1.29 is 9.13 Å². The van der Waals surface area contributed by atoms with Gasteiger partial charge in [0.2, 0.25) is 0 Å². The molecule has 1 aromatic heterocycles. The van der Waals surface area contributed by atoms with E-state index < -0.39 is 5.95 Å². The van der Waals surface area contributed by atoms with Crippen molar-refractivity contribution in [1.82, 2.24) is 4.98 Å². The van der Waals surface area contributed by atoms with Gasteiger partial charge < -0.3 is 4.74 Å². The SMILES string of the molecule is N#Cc1ccc(OC2CC2)c(F)n1. The van der Waals surface area contributed by atoms with Crippen molar-refractivity contribution in [1.29, 1.82) is 5.26 Å². The van der Waals surface area contributed by atoms with Crippen LogP contribution in [0.2, 0.25) is 0 Å². The van der Waals surface area contributed by atoms with E-state index in [0.717, 1.165) is 12.8 Å². The Hall–Kier alpha value is -1.63. The Bertz CT molecular complexity index is 368. The van der Waals surface area contributed by atoms with Gasteiger partial charge in [0.1, 0.15) is 11.8 Å². The highest BCUT2D eigenvalue weighted by Gasteiger charge is 2.25. The predicted octanol–water partition coefficient (Wildman–Crippen LogP) is 1.63. The van der Waals surface area contributed by atoms with Crippen LogP contribution in [0.3, 0.4) is 0 Å². The number of hydrogen-bond acceptors (Lipinski definition) is 3. The molecule has 66 valence electrons. The molecule has 1 aliphatic carbocycles. The van der Waals surface area contributed by atoms with Crippen LogP contribution in [-0.4, -0.2) is 11.1 Å². The lowest BCUT2D eigenvalue weighted by Gasteiger charge is -2.03. The Labute approximate surface area is 74.8 Å². The smallest absolute Gasteiger partial charge is 0.256 e. The average Bonchev–Trinajstić information content (AvgIpc) is 2.92. The molecule has 1 aromatic rings. The van der Waals surface area contributed by atoms with Gasteiger partial charge in [-0.25, -0.2) is 4.98 Å². The maximum Gasteiger partial charge on any atom is 0.256 e. The Balaban J connectivity index is 2.21. The lowest BCUT2D eigenvalue weighted by atomic mass is 10.3. The van der Waals surface area contributed by atoms with E-state index in [1.807, 2.05) is 0 Å². The van der Waals surface area contributed by atoms with Gasteiger partial charge in [0.05, 0.1) is 6.10 Å². The summed E-state index contributed by atoms with van der Waals surface area (Å²) in [5.41, 5.74) is 0.0700. The van der Waals surface area contributed by atoms with Gasteiger partial charge in [-0.15, -0.1) is 0 Å². The summed E-state index contributed by atoms with van der Waals surface area (Å²) in [5.74, 6) is -0.563. The zero-order valence-corrected chi connectivity index (χ0v) is 6.83. The molecule has 0 N–H and O–H groups in total. The van der Waals surface area contributed by atoms with Gasteiger partial charge in [-0.3, -0.25) is 0 Å². The lowest BCUT2D eigenvalue weighted by Crippen LogP contribution is -2.00. The fraction of sp³-hybridized carbons (Fsp3) is 0.333. The highest BCUT2D eigenvalue weighted by molar-refractivity contribution is 5.28. The first kappa shape index (κ1) is 7.99. The average molecular weight is 178 g/mol. The second kappa shape index (κ2) is 3.02. The molecule has 0 unspecified atom stereocenters. The monoisotopic (exact) mass is 178 g/mol. The van der Waals surface area contributed by atoms with Crippen LogP contribution in [0.5, 0.6) is 5.75 Å². The molecule has 0 aromatic carbocycles. The Morgan fingerprint density at radius 3 is 2.85 bits per heavy atom. The standard InChI is InChI=1S/C9H7FN2O/c10-9-8(13-7-2-3-7)4-1-6(5-11)12-9/h1,4,7H,2-3H2. The molecule has 0 aliphatic heterocycles. The third-order valence-electron chi connectivity index (χ3n) is 1.75. The van der Waals surface area contributed by atoms with Crippen molar-refractivity contribution in [3.8, 4) is 11.8 Å². The predicted molar refractivity (Wildman–Crippen MR) is 42.6 cm³/mol. The third-order valence-corrected chi connectivity index (χ3v) is 1.75. The third kappa shape index (κ3) is 1.75. The van der Waals surface area contributed by atoms with E-state index in [1.54, 1.807) is 6.07 Å². The van der Waals surface area contributed by atoms with Crippen molar-refractivity contribution in [2.24, 2.45) is 0 Å². The fourth-order valence-electron chi connectivity index (χ4n) is 0.937. The number of halogens is 1. The summed E-state index contributed by atoms with van der Waals surface area (Å²) in [6, 6.07) is 4.65. The topological polar surface area (TPSA) is 45.9 Å². The van der Waals surface area contributed by atoms with Crippen LogP contribution in [0.4, 0.5) is 4.39 Å². The summed E-state index contributed by atoms with van der Waals surface area (Å²) >= 11 is 0. The van der Waals surface area contributed by atoms with E-state index in [9.17, 15) is 4.39 Å². The zero-order valence-electron chi connectivity index (χ0n) is 6.83. The Morgan fingerprint density at radius 1 is 1.54 bits per heavy atom. The number of hydrogen-bond donors (Lipinski definition) is 0. The molecule has 1 aliphatic rings. The van der Waals surface area contributed by atoms with Gasteiger partial charge in [0, 0.05) is 0 Å². The largest absolute Gasteiger partial charge is 0.486 e. The van der Waals surface area contributed by atoms with Crippen LogP contribution in [0.1, 0.15) is 18.5 Å². The summed E-state index contributed by atoms with van der Waals surface area (Å²) < 4.78 is 18.2. The molecular formula is C9H7FN2O. The molecule has 0 saturated heterocycles. The minimum absolute atomic E-state index is 0.0700. The molecule has 1 fully saturated rings. The van der Waals surface area contributed by atoms with Gasteiger partial charge in [-0.05, 0) is 25.0 Å². The van der Waals surface area contributed by atoms with Gasteiger partial charge in [0.25, 0.3) is 5.95 Å². The quantitative estimate of drug-likeness (QED) is 0.646. The molecule has 3 nitrogen and oxygen atoms in total. The van der Waals surface area contributed by atoms with Crippen LogP contribution in [0.25, 0.3) is 0 Å².